The lowest BCUT2D eigenvalue weighted by Gasteiger charge is -2.16. The molecule has 0 bridgehead atoms. The molecule has 4 atom stereocenters. The van der Waals surface area contributed by atoms with Gasteiger partial charge in [-0.1, -0.05) is 0 Å². The van der Waals surface area contributed by atoms with E-state index in [-0.39, 0.29) is 41.4 Å². The quantitative estimate of drug-likeness (QED) is 0.707. The van der Waals surface area contributed by atoms with Gasteiger partial charge in [-0.2, -0.15) is 5.10 Å². The molecule has 0 saturated heterocycles. The van der Waals surface area contributed by atoms with Gasteiger partial charge in [0.2, 0.25) is 5.91 Å². The molecule has 3 fully saturated rings. The van der Waals surface area contributed by atoms with Crippen molar-refractivity contribution >= 4 is 17.8 Å². The molecule has 0 spiro atoms. The minimum absolute atomic E-state index is 0.0604. The number of hydrogen-bond donors (Lipinski definition) is 3. The van der Waals surface area contributed by atoms with E-state index in [4.69, 9.17) is 11.2 Å². The minimum atomic E-state index is -0.319. The lowest BCUT2D eigenvalue weighted by molar-refractivity contribution is -0.117. The van der Waals surface area contributed by atoms with Crippen molar-refractivity contribution in [2.45, 2.75) is 63.0 Å². The number of terminal acetylenes is 1. The van der Waals surface area contributed by atoms with Crippen LogP contribution in [-0.2, 0) is 9.53 Å². The lowest BCUT2D eigenvalue weighted by Crippen LogP contribution is -2.36. The van der Waals surface area contributed by atoms with Gasteiger partial charge in [0.1, 0.15) is 6.10 Å². The molecule has 1 aromatic rings. The van der Waals surface area contributed by atoms with Gasteiger partial charge in [-0.25, -0.2) is 4.79 Å². The van der Waals surface area contributed by atoms with E-state index < -0.39 is 0 Å². The first-order valence-electron chi connectivity index (χ1n) is 9.27. The predicted molar refractivity (Wildman–Crippen MR) is 95.3 cm³/mol. The lowest BCUT2D eigenvalue weighted by atomic mass is 10.0. The first-order valence-corrected chi connectivity index (χ1v) is 9.27. The standard InChI is InChI=1S/C19H24N4O3/c1-3-11-9-14(11)17(24)20-16-10-15(22-23-16)12-4-5-13(8-12)26-18(25)21-19(2)6-7-19/h1,10-14H,4-9H2,2H3,(H,21,25)(H2,20,22,23,24)/t11-,12-,13+,14-/m0/s1. The van der Waals surface area contributed by atoms with E-state index in [0.717, 1.165) is 44.2 Å². The predicted octanol–water partition coefficient (Wildman–Crippen LogP) is 2.53. The van der Waals surface area contributed by atoms with Gasteiger partial charge in [-0.15, -0.1) is 12.3 Å². The highest BCUT2D eigenvalue weighted by atomic mass is 16.6. The van der Waals surface area contributed by atoms with Crippen molar-refractivity contribution in [3.63, 3.8) is 0 Å². The molecule has 0 aromatic carbocycles. The highest BCUT2D eigenvalue weighted by Gasteiger charge is 2.42. The number of amides is 2. The van der Waals surface area contributed by atoms with E-state index in [1.165, 1.54) is 0 Å². The van der Waals surface area contributed by atoms with Crippen molar-refractivity contribution in [1.82, 2.24) is 15.5 Å². The van der Waals surface area contributed by atoms with E-state index in [9.17, 15) is 9.59 Å². The highest BCUT2D eigenvalue weighted by molar-refractivity contribution is 5.94. The van der Waals surface area contributed by atoms with Crippen LogP contribution in [0.1, 0.15) is 57.1 Å². The fourth-order valence-corrected chi connectivity index (χ4v) is 3.57. The van der Waals surface area contributed by atoms with Crippen molar-refractivity contribution in [2.75, 3.05) is 5.32 Å². The summed E-state index contributed by atoms with van der Waals surface area (Å²) in [5.41, 5.74) is 0.899. The van der Waals surface area contributed by atoms with Gasteiger partial charge < -0.3 is 15.4 Å². The molecule has 3 aliphatic rings. The van der Waals surface area contributed by atoms with E-state index >= 15 is 0 Å². The van der Waals surface area contributed by atoms with Crippen LogP contribution in [0.2, 0.25) is 0 Å². The zero-order valence-corrected chi connectivity index (χ0v) is 14.9. The summed E-state index contributed by atoms with van der Waals surface area (Å²) in [7, 11) is 0. The molecule has 0 radical (unpaired) electrons. The Kier molecular flexibility index (Phi) is 4.14. The summed E-state index contributed by atoms with van der Waals surface area (Å²) >= 11 is 0. The molecule has 7 heteroatoms. The van der Waals surface area contributed by atoms with Crippen LogP contribution in [0, 0.1) is 24.2 Å². The first kappa shape index (κ1) is 17.0. The van der Waals surface area contributed by atoms with E-state index in [0.29, 0.717) is 5.82 Å². The van der Waals surface area contributed by atoms with Crippen LogP contribution in [0.5, 0.6) is 0 Å². The molecule has 1 heterocycles. The average molecular weight is 356 g/mol. The number of hydrogen-bond acceptors (Lipinski definition) is 4. The number of carbonyl (C=O) groups is 2. The molecule has 2 amide bonds. The Morgan fingerprint density at radius 3 is 2.88 bits per heavy atom. The molecule has 0 aliphatic heterocycles. The summed E-state index contributed by atoms with van der Waals surface area (Å²) < 4.78 is 5.54. The number of aromatic amines is 1. The van der Waals surface area contributed by atoms with E-state index in [1.54, 1.807) is 0 Å². The molecule has 138 valence electrons. The highest BCUT2D eigenvalue weighted by Crippen LogP contribution is 2.39. The molecular weight excluding hydrogens is 332 g/mol. The number of aromatic nitrogens is 2. The number of alkyl carbamates (subject to hydrolysis) is 1. The second kappa shape index (κ2) is 6.35. The maximum absolute atomic E-state index is 12.0. The number of H-pyrrole nitrogens is 1. The molecule has 4 rings (SSSR count). The molecule has 3 N–H and O–H groups in total. The summed E-state index contributed by atoms with van der Waals surface area (Å²) in [6, 6.07) is 1.86. The minimum Gasteiger partial charge on any atom is -0.446 e. The Balaban J connectivity index is 1.26. The smallest absolute Gasteiger partial charge is 0.407 e. The number of carbonyl (C=O) groups excluding carboxylic acids is 2. The molecule has 26 heavy (non-hydrogen) atoms. The fourth-order valence-electron chi connectivity index (χ4n) is 3.57. The zero-order chi connectivity index (χ0) is 18.3. The maximum atomic E-state index is 12.0. The summed E-state index contributed by atoms with van der Waals surface area (Å²) in [6.07, 6.45) is 10.2. The molecule has 1 aromatic heterocycles. The zero-order valence-electron chi connectivity index (χ0n) is 14.9. The van der Waals surface area contributed by atoms with E-state index in [2.05, 4.69) is 26.8 Å². The van der Waals surface area contributed by atoms with Crippen LogP contribution < -0.4 is 10.6 Å². The van der Waals surface area contributed by atoms with Crippen molar-refractivity contribution < 1.29 is 14.3 Å². The number of nitrogens with one attached hydrogen (secondary N) is 3. The molecule has 0 unspecified atom stereocenters. The van der Waals surface area contributed by atoms with Crippen molar-refractivity contribution in [2.24, 2.45) is 11.8 Å². The Morgan fingerprint density at radius 1 is 1.38 bits per heavy atom. The number of rotatable bonds is 5. The van der Waals surface area contributed by atoms with Gasteiger partial charge in [0.05, 0.1) is 5.92 Å². The van der Waals surface area contributed by atoms with Gasteiger partial charge in [-0.3, -0.25) is 9.89 Å². The third-order valence-electron chi connectivity index (χ3n) is 5.69. The number of nitrogens with zero attached hydrogens (tertiary/aromatic N) is 1. The third-order valence-corrected chi connectivity index (χ3v) is 5.69. The maximum Gasteiger partial charge on any atom is 0.407 e. The first-order chi connectivity index (χ1) is 12.5. The summed E-state index contributed by atoms with van der Waals surface area (Å²) in [5.74, 6) is 3.29. The number of anilines is 1. The Bertz CT molecular complexity index is 761. The Morgan fingerprint density at radius 2 is 2.19 bits per heavy atom. The van der Waals surface area contributed by atoms with Crippen LogP contribution in [0.3, 0.4) is 0 Å². The second-order valence-electron chi connectivity index (χ2n) is 8.04. The van der Waals surface area contributed by atoms with Gasteiger partial charge in [0, 0.05) is 29.1 Å². The third kappa shape index (κ3) is 3.69. The topological polar surface area (TPSA) is 96.1 Å². The van der Waals surface area contributed by atoms with Crippen LogP contribution in [0.25, 0.3) is 0 Å². The van der Waals surface area contributed by atoms with Gasteiger partial charge in [-0.05, 0) is 45.4 Å². The fraction of sp³-hybridized carbons (Fsp3) is 0.632. The monoisotopic (exact) mass is 356 g/mol. The summed E-state index contributed by atoms with van der Waals surface area (Å²) in [6.45, 7) is 2.03. The van der Waals surface area contributed by atoms with Crippen LogP contribution in [0.15, 0.2) is 6.07 Å². The SMILES string of the molecule is C#C[C@H]1C[C@@H]1C(=O)Nc1cc([C@H]2CC[C@@H](OC(=O)NC3(C)CC3)C2)[nH]n1. The molecule has 3 aliphatic carbocycles. The summed E-state index contributed by atoms with van der Waals surface area (Å²) in [4.78, 5) is 24.0. The van der Waals surface area contributed by atoms with Crippen LogP contribution in [-0.4, -0.2) is 33.8 Å². The average Bonchev–Trinajstić information content (AvgIpc) is 3.42. The van der Waals surface area contributed by atoms with Crippen LogP contribution >= 0.6 is 0 Å². The van der Waals surface area contributed by atoms with Gasteiger partial charge in [0.15, 0.2) is 5.82 Å². The normalized spacial score (nSPS) is 30.9. The van der Waals surface area contributed by atoms with Gasteiger partial charge in [0.25, 0.3) is 0 Å². The van der Waals surface area contributed by atoms with Crippen molar-refractivity contribution in [3.05, 3.63) is 11.8 Å². The molecule has 7 nitrogen and oxygen atoms in total. The summed E-state index contributed by atoms with van der Waals surface area (Å²) in [5, 5.41) is 12.9. The second-order valence-corrected chi connectivity index (χ2v) is 8.04. The van der Waals surface area contributed by atoms with Gasteiger partial charge >= 0.3 is 6.09 Å². The largest absolute Gasteiger partial charge is 0.446 e. The molecule has 3 saturated carbocycles. The van der Waals surface area contributed by atoms with E-state index in [1.807, 2.05) is 13.0 Å². The van der Waals surface area contributed by atoms with Crippen molar-refractivity contribution in [1.29, 1.82) is 0 Å². The Labute approximate surface area is 152 Å². The number of ether oxygens (including phenoxy) is 1. The van der Waals surface area contributed by atoms with Crippen LogP contribution in [0.4, 0.5) is 10.6 Å². The molecular formula is C19H24N4O3. The van der Waals surface area contributed by atoms with Crippen molar-refractivity contribution in [3.8, 4) is 12.3 Å². The Hall–Kier alpha value is -2.49.